The lowest BCUT2D eigenvalue weighted by Crippen LogP contribution is -2.37. The van der Waals surface area contributed by atoms with Gasteiger partial charge in [-0.15, -0.1) is 0 Å². The Morgan fingerprint density at radius 2 is 2.25 bits per heavy atom. The molecule has 0 amide bonds. The molecule has 0 aliphatic heterocycles. The number of hydrogen-bond acceptors (Lipinski definition) is 2. The number of hydrogen-bond donors (Lipinski definition) is 0. The molecule has 0 radical (unpaired) electrons. The average molecular weight is 242 g/mol. The Balaban J connectivity index is 2.98. The quantitative estimate of drug-likeness (QED) is 0.580. The lowest BCUT2D eigenvalue weighted by atomic mass is 10.2. The number of halogens is 1. The Morgan fingerprint density at radius 1 is 1.62 bits per heavy atom. The van der Waals surface area contributed by atoms with E-state index in [4.69, 9.17) is 11.6 Å². The molecule has 1 aromatic heterocycles. The Hall–Kier alpha value is -0.960. The van der Waals surface area contributed by atoms with Crippen LogP contribution in [-0.4, -0.2) is 14.8 Å². The molecule has 4 heteroatoms. The van der Waals surface area contributed by atoms with Crippen LogP contribution in [0.1, 0.15) is 34.1 Å². The summed E-state index contributed by atoms with van der Waals surface area (Å²) >= 11 is 6.34. The van der Waals surface area contributed by atoms with Gasteiger partial charge in [0.15, 0.2) is 0 Å². The van der Waals surface area contributed by atoms with Crippen molar-refractivity contribution in [2.24, 2.45) is 0 Å². The number of nitrogens with zero attached hydrogens (tertiary/aromatic N) is 3. The molecule has 0 bridgehead atoms. The van der Waals surface area contributed by atoms with E-state index in [2.05, 4.69) is 18.6 Å². The Labute approximate surface area is 103 Å². The van der Waals surface area contributed by atoms with Gasteiger partial charge in [0.05, 0.1) is 11.9 Å². The third kappa shape index (κ3) is 3.01. The first-order valence-electron chi connectivity index (χ1n) is 5.53. The second-order valence-corrected chi connectivity index (χ2v) is 5.37. The molecule has 0 unspecified atom stereocenters. The first kappa shape index (κ1) is 13.1. The smallest absolute Gasteiger partial charge is 0.113 e. The van der Waals surface area contributed by atoms with E-state index in [1.54, 1.807) is 0 Å². The maximum atomic E-state index is 6.34. The molecule has 0 aromatic carbocycles. The van der Waals surface area contributed by atoms with Gasteiger partial charge in [0.25, 0.3) is 0 Å². The van der Waals surface area contributed by atoms with Crippen LogP contribution in [-0.2, 0) is 6.54 Å². The molecule has 3 nitrogen and oxygen atoms in total. The molecule has 0 saturated carbocycles. The maximum absolute atomic E-state index is 6.34. The highest BCUT2D eigenvalue weighted by molar-refractivity contribution is 6.25. The minimum absolute atomic E-state index is 0.494. The van der Waals surface area contributed by atoms with E-state index in [0.717, 1.165) is 24.4 Å². The highest BCUT2D eigenvalue weighted by Gasteiger charge is 2.25. The number of aryl methyl sites for hydroxylation is 1. The van der Waals surface area contributed by atoms with Gasteiger partial charge in [0.1, 0.15) is 5.00 Å². The minimum atomic E-state index is -0.494. The third-order valence-corrected chi connectivity index (χ3v) is 2.41. The van der Waals surface area contributed by atoms with Gasteiger partial charge in [-0.3, -0.25) is 4.68 Å². The molecule has 1 aromatic rings. The topological polar surface area (TPSA) is 21.1 Å². The summed E-state index contributed by atoms with van der Waals surface area (Å²) < 4.78 is 1.92. The van der Waals surface area contributed by atoms with Gasteiger partial charge >= 0.3 is 0 Å². The average Bonchev–Trinajstić information content (AvgIpc) is 2.50. The summed E-state index contributed by atoms with van der Waals surface area (Å²) in [6.07, 6.45) is 4.90. The van der Waals surface area contributed by atoms with Crippen LogP contribution in [0.2, 0.25) is 0 Å². The normalized spacial score (nSPS) is 11.6. The second-order valence-electron chi connectivity index (χ2n) is 4.44. The first-order valence-corrected chi connectivity index (χ1v) is 5.91. The molecule has 0 saturated heterocycles. The second kappa shape index (κ2) is 4.91. The fourth-order valence-corrected chi connectivity index (χ4v) is 2.04. The predicted molar refractivity (Wildman–Crippen MR) is 69.7 cm³/mol. The Morgan fingerprint density at radius 3 is 2.69 bits per heavy atom. The van der Waals surface area contributed by atoms with Gasteiger partial charge in [0.2, 0.25) is 0 Å². The van der Waals surface area contributed by atoms with Crippen molar-refractivity contribution < 1.29 is 0 Å². The van der Waals surface area contributed by atoms with Crippen molar-refractivity contribution in [3.63, 3.8) is 0 Å². The number of anilines is 1. The van der Waals surface area contributed by atoms with E-state index in [0.29, 0.717) is 0 Å². The van der Waals surface area contributed by atoms with E-state index >= 15 is 0 Å². The van der Waals surface area contributed by atoms with Gasteiger partial charge in [0, 0.05) is 18.4 Å². The Bertz CT molecular complexity index is 363. The van der Waals surface area contributed by atoms with E-state index in [-0.39, 0.29) is 0 Å². The third-order valence-electron chi connectivity index (χ3n) is 2.24. The van der Waals surface area contributed by atoms with Gasteiger partial charge in [-0.2, -0.15) is 5.10 Å². The minimum Gasteiger partial charge on any atom is -0.324 e. The zero-order valence-corrected chi connectivity index (χ0v) is 11.3. The molecule has 1 rings (SSSR count). The number of alkyl halides is 1. The molecule has 0 fully saturated rings. The summed E-state index contributed by atoms with van der Waals surface area (Å²) in [4.78, 5) is 1.49. The van der Waals surface area contributed by atoms with Gasteiger partial charge in [-0.05, 0) is 27.2 Å². The molecule has 0 N–H and O–H groups in total. The molecular weight excluding hydrogens is 222 g/mol. The van der Waals surface area contributed by atoms with Crippen molar-refractivity contribution in [3.8, 4) is 0 Å². The first-order chi connectivity index (χ1) is 7.36. The number of rotatable bonds is 5. The van der Waals surface area contributed by atoms with E-state index in [1.807, 2.05) is 42.7 Å². The van der Waals surface area contributed by atoms with Gasteiger partial charge in [-0.25, -0.2) is 0 Å². The van der Waals surface area contributed by atoms with Crippen molar-refractivity contribution in [3.05, 3.63) is 24.7 Å². The van der Waals surface area contributed by atoms with E-state index < -0.39 is 5.00 Å². The summed E-state index contributed by atoms with van der Waals surface area (Å²) in [5.41, 5.74) is 1.90. The van der Waals surface area contributed by atoms with Crippen molar-refractivity contribution in [1.82, 2.24) is 9.78 Å². The standard InChI is InChI=1S/C12H20ClN3/c1-6-7-15-9-11(8-14-15)16(10(2)3)12(4,5)13/h8-9H,2,6-7H2,1,3-5H3. The lowest BCUT2D eigenvalue weighted by Gasteiger charge is -2.34. The van der Waals surface area contributed by atoms with Crippen LogP contribution in [0.3, 0.4) is 0 Å². The van der Waals surface area contributed by atoms with Crippen LogP contribution in [0.15, 0.2) is 24.7 Å². The molecule has 90 valence electrons. The highest BCUT2D eigenvalue weighted by atomic mass is 35.5. The molecule has 0 aliphatic rings. The fraction of sp³-hybridized carbons (Fsp3) is 0.583. The van der Waals surface area contributed by atoms with Gasteiger partial charge < -0.3 is 4.90 Å². The molecule has 1 heterocycles. The SMILES string of the molecule is C=C(C)N(c1cnn(CCC)c1)C(C)(C)Cl. The molecule has 0 aliphatic carbocycles. The number of allylic oxidation sites excluding steroid dienone is 1. The number of aromatic nitrogens is 2. The monoisotopic (exact) mass is 241 g/mol. The fourth-order valence-electron chi connectivity index (χ4n) is 1.80. The van der Waals surface area contributed by atoms with E-state index in [1.165, 1.54) is 0 Å². The molecule has 0 spiro atoms. The zero-order valence-electron chi connectivity index (χ0n) is 10.5. The summed E-state index contributed by atoms with van der Waals surface area (Å²) in [5.74, 6) is 0. The van der Waals surface area contributed by atoms with Crippen LogP contribution < -0.4 is 4.90 Å². The van der Waals surface area contributed by atoms with Crippen LogP contribution >= 0.6 is 11.6 Å². The zero-order chi connectivity index (χ0) is 12.3. The van der Waals surface area contributed by atoms with Crippen LogP contribution in [0.5, 0.6) is 0 Å². The predicted octanol–water partition coefficient (Wildman–Crippen LogP) is 3.61. The van der Waals surface area contributed by atoms with Crippen molar-refractivity contribution >= 4 is 17.3 Å². The van der Waals surface area contributed by atoms with Crippen LogP contribution in [0.25, 0.3) is 0 Å². The van der Waals surface area contributed by atoms with E-state index in [9.17, 15) is 0 Å². The summed E-state index contributed by atoms with van der Waals surface area (Å²) in [6.45, 7) is 12.8. The van der Waals surface area contributed by atoms with Crippen molar-refractivity contribution in [2.75, 3.05) is 4.90 Å². The molecular formula is C12H20ClN3. The largest absolute Gasteiger partial charge is 0.324 e. The molecule has 16 heavy (non-hydrogen) atoms. The maximum Gasteiger partial charge on any atom is 0.113 e. The summed E-state index contributed by atoms with van der Waals surface area (Å²) in [5, 5.41) is 4.30. The highest BCUT2D eigenvalue weighted by Crippen LogP contribution is 2.30. The Kier molecular flexibility index (Phi) is 4.03. The van der Waals surface area contributed by atoms with Crippen LogP contribution in [0.4, 0.5) is 5.69 Å². The van der Waals surface area contributed by atoms with Crippen molar-refractivity contribution in [2.45, 2.75) is 45.7 Å². The van der Waals surface area contributed by atoms with Crippen molar-refractivity contribution in [1.29, 1.82) is 0 Å². The summed E-state index contributed by atoms with van der Waals surface area (Å²) in [7, 11) is 0. The lowest BCUT2D eigenvalue weighted by molar-refractivity contribution is 0.602. The van der Waals surface area contributed by atoms with Crippen LogP contribution in [0, 0.1) is 0 Å². The van der Waals surface area contributed by atoms with Gasteiger partial charge in [-0.1, -0.05) is 25.1 Å². The summed E-state index contributed by atoms with van der Waals surface area (Å²) in [6, 6.07) is 0. The molecule has 0 atom stereocenters.